The topological polar surface area (TPSA) is 29.3 Å². The van der Waals surface area contributed by atoms with E-state index >= 15 is 0 Å². The van der Waals surface area contributed by atoms with Gasteiger partial charge in [-0.2, -0.15) is 0 Å². The minimum atomic E-state index is 0.454. The molecule has 66 valence electrons. The lowest BCUT2D eigenvalue weighted by Gasteiger charge is -2.38. The Morgan fingerprint density at radius 1 is 1.36 bits per heavy atom. The number of hydrogen-bond acceptors (Lipinski definition) is 2. The van der Waals surface area contributed by atoms with E-state index in [1.165, 1.54) is 13.0 Å². The van der Waals surface area contributed by atoms with E-state index in [9.17, 15) is 0 Å². The van der Waals surface area contributed by atoms with Gasteiger partial charge in [-0.1, -0.05) is 20.8 Å². The van der Waals surface area contributed by atoms with Crippen molar-refractivity contribution in [3.8, 4) is 0 Å². The van der Waals surface area contributed by atoms with E-state index < -0.39 is 0 Å². The second-order valence-electron chi connectivity index (χ2n) is 4.83. The number of rotatable bonds is 2. The molecule has 1 aliphatic heterocycles. The zero-order valence-corrected chi connectivity index (χ0v) is 7.93. The molecule has 1 aliphatic rings. The second-order valence-corrected chi connectivity index (χ2v) is 4.83. The second kappa shape index (κ2) is 3.11. The summed E-state index contributed by atoms with van der Waals surface area (Å²) in [5.41, 5.74) is 6.14. The van der Waals surface area contributed by atoms with Crippen molar-refractivity contribution >= 4 is 0 Å². The Hall–Kier alpha value is -0.0800. The maximum Gasteiger partial charge on any atom is 0.0297 e. The number of likely N-dealkylation sites (tertiary alicyclic amines) is 1. The normalized spacial score (nSPS) is 21.8. The summed E-state index contributed by atoms with van der Waals surface area (Å²) in [6, 6.07) is 0.454. The van der Waals surface area contributed by atoms with Crippen LogP contribution in [0.25, 0.3) is 0 Å². The van der Waals surface area contributed by atoms with Gasteiger partial charge < -0.3 is 10.6 Å². The summed E-state index contributed by atoms with van der Waals surface area (Å²) in [5.74, 6) is 0. The van der Waals surface area contributed by atoms with Crippen LogP contribution in [0, 0.1) is 5.41 Å². The molecule has 0 amide bonds. The Kier molecular flexibility index (Phi) is 2.55. The molecule has 0 bridgehead atoms. The molecule has 11 heavy (non-hydrogen) atoms. The third kappa shape index (κ3) is 3.21. The van der Waals surface area contributed by atoms with Crippen molar-refractivity contribution in [2.24, 2.45) is 11.1 Å². The smallest absolute Gasteiger partial charge is 0.0297 e. The summed E-state index contributed by atoms with van der Waals surface area (Å²) in [4.78, 5) is 2.43. The van der Waals surface area contributed by atoms with Gasteiger partial charge in [-0.3, -0.25) is 0 Å². The molecule has 0 unspecified atom stereocenters. The van der Waals surface area contributed by atoms with Gasteiger partial charge in [0.1, 0.15) is 0 Å². The van der Waals surface area contributed by atoms with Crippen molar-refractivity contribution in [3.05, 3.63) is 0 Å². The average molecular weight is 156 g/mol. The van der Waals surface area contributed by atoms with E-state index in [4.69, 9.17) is 5.73 Å². The van der Waals surface area contributed by atoms with Crippen molar-refractivity contribution in [3.63, 3.8) is 0 Å². The van der Waals surface area contributed by atoms with Gasteiger partial charge in [0.05, 0.1) is 0 Å². The highest BCUT2D eigenvalue weighted by atomic mass is 15.2. The first-order valence-electron chi connectivity index (χ1n) is 4.45. The van der Waals surface area contributed by atoms with Crippen LogP contribution in [0.15, 0.2) is 0 Å². The first-order chi connectivity index (χ1) is 4.97. The van der Waals surface area contributed by atoms with Gasteiger partial charge in [-0.05, 0) is 18.4 Å². The largest absolute Gasteiger partial charge is 0.325 e. The molecule has 0 aromatic carbocycles. The van der Waals surface area contributed by atoms with Gasteiger partial charge in [0.15, 0.2) is 0 Å². The van der Waals surface area contributed by atoms with Crippen LogP contribution in [0.5, 0.6) is 0 Å². The molecule has 0 aromatic heterocycles. The van der Waals surface area contributed by atoms with Crippen LogP contribution < -0.4 is 5.73 Å². The van der Waals surface area contributed by atoms with Crippen LogP contribution in [0.3, 0.4) is 0 Å². The highest BCUT2D eigenvalue weighted by Crippen LogP contribution is 2.20. The fourth-order valence-corrected chi connectivity index (χ4v) is 1.29. The van der Waals surface area contributed by atoms with Crippen LogP contribution in [0.2, 0.25) is 0 Å². The maximum absolute atomic E-state index is 5.67. The Morgan fingerprint density at radius 3 is 2.27 bits per heavy atom. The Bertz CT molecular complexity index is 120. The lowest BCUT2D eigenvalue weighted by Crippen LogP contribution is -2.56. The highest BCUT2D eigenvalue weighted by Gasteiger charge is 2.23. The third-order valence-electron chi connectivity index (χ3n) is 2.16. The molecule has 2 nitrogen and oxygen atoms in total. The molecule has 1 saturated heterocycles. The van der Waals surface area contributed by atoms with Crippen LogP contribution in [-0.4, -0.2) is 30.6 Å². The van der Waals surface area contributed by atoms with E-state index in [1.54, 1.807) is 0 Å². The predicted molar refractivity (Wildman–Crippen MR) is 48.5 cm³/mol. The third-order valence-corrected chi connectivity index (χ3v) is 2.16. The SMILES string of the molecule is CC(C)(C)CCN1CC(N)C1. The summed E-state index contributed by atoms with van der Waals surface area (Å²) < 4.78 is 0. The van der Waals surface area contributed by atoms with E-state index in [2.05, 4.69) is 25.7 Å². The molecular formula is C9H20N2. The monoisotopic (exact) mass is 156 g/mol. The fraction of sp³-hybridized carbons (Fsp3) is 1.00. The molecule has 0 atom stereocenters. The van der Waals surface area contributed by atoms with Gasteiger partial charge in [-0.25, -0.2) is 0 Å². The molecule has 0 saturated carbocycles. The number of nitrogens with zero attached hydrogens (tertiary/aromatic N) is 1. The van der Waals surface area contributed by atoms with Crippen molar-refractivity contribution < 1.29 is 0 Å². The molecule has 2 heteroatoms. The van der Waals surface area contributed by atoms with Crippen molar-refractivity contribution in [1.82, 2.24) is 4.90 Å². The minimum absolute atomic E-state index is 0.454. The highest BCUT2D eigenvalue weighted by molar-refractivity contribution is 4.83. The quantitative estimate of drug-likeness (QED) is 0.648. The van der Waals surface area contributed by atoms with E-state index in [0.29, 0.717) is 11.5 Å². The molecule has 0 aliphatic carbocycles. The summed E-state index contributed by atoms with van der Waals surface area (Å²) in [6.45, 7) is 10.3. The van der Waals surface area contributed by atoms with Crippen LogP contribution >= 0.6 is 0 Å². The number of nitrogens with two attached hydrogens (primary N) is 1. The summed E-state index contributed by atoms with van der Waals surface area (Å²) in [7, 11) is 0. The van der Waals surface area contributed by atoms with Crippen LogP contribution in [-0.2, 0) is 0 Å². The fourth-order valence-electron chi connectivity index (χ4n) is 1.29. The van der Waals surface area contributed by atoms with E-state index in [-0.39, 0.29) is 0 Å². The Labute approximate surface area is 69.8 Å². The van der Waals surface area contributed by atoms with E-state index in [0.717, 1.165) is 13.1 Å². The van der Waals surface area contributed by atoms with Gasteiger partial charge in [0.25, 0.3) is 0 Å². The summed E-state index contributed by atoms with van der Waals surface area (Å²) in [5, 5.41) is 0. The number of hydrogen-bond donors (Lipinski definition) is 1. The first kappa shape index (κ1) is 9.01. The minimum Gasteiger partial charge on any atom is -0.325 e. The zero-order valence-electron chi connectivity index (χ0n) is 7.93. The van der Waals surface area contributed by atoms with Crippen molar-refractivity contribution in [2.45, 2.75) is 33.2 Å². The maximum atomic E-state index is 5.67. The predicted octanol–water partition coefficient (Wildman–Crippen LogP) is 1.07. The van der Waals surface area contributed by atoms with Gasteiger partial charge in [-0.15, -0.1) is 0 Å². The first-order valence-corrected chi connectivity index (χ1v) is 4.45. The molecule has 0 spiro atoms. The van der Waals surface area contributed by atoms with Crippen molar-refractivity contribution in [2.75, 3.05) is 19.6 Å². The van der Waals surface area contributed by atoms with Gasteiger partial charge in [0.2, 0.25) is 0 Å². The zero-order chi connectivity index (χ0) is 8.48. The lowest BCUT2D eigenvalue weighted by molar-refractivity contribution is 0.131. The molecule has 1 heterocycles. The summed E-state index contributed by atoms with van der Waals surface area (Å²) in [6.07, 6.45) is 1.28. The van der Waals surface area contributed by atoms with Gasteiger partial charge >= 0.3 is 0 Å². The molecule has 0 aromatic rings. The Morgan fingerprint density at radius 2 is 1.91 bits per heavy atom. The van der Waals surface area contributed by atoms with E-state index in [1.807, 2.05) is 0 Å². The standard InChI is InChI=1S/C9H20N2/c1-9(2,3)4-5-11-6-8(10)7-11/h8H,4-7,10H2,1-3H3. The van der Waals surface area contributed by atoms with Crippen LogP contribution in [0.4, 0.5) is 0 Å². The molecular weight excluding hydrogens is 136 g/mol. The molecule has 1 fully saturated rings. The molecule has 0 radical (unpaired) electrons. The Balaban J connectivity index is 2.05. The molecule has 2 N–H and O–H groups in total. The van der Waals surface area contributed by atoms with Crippen LogP contribution in [0.1, 0.15) is 27.2 Å². The lowest BCUT2D eigenvalue weighted by atomic mass is 9.91. The van der Waals surface area contributed by atoms with Crippen molar-refractivity contribution in [1.29, 1.82) is 0 Å². The molecule has 1 rings (SSSR count). The summed E-state index contributed by atoms with van der Waals surface area (Å²) >= 11 is 0. The van der Waals surface area contributed by atoms with Gasteiger partial charge in [0, 0.05) is 19.1 Å². The average Bonchev–Trinajstić information content (AvgIpc) is 1.75.